The van der Waals surface area contributed by atoms with Crippen molar-refractivity contribution in [3.05, 3.63) is 78.0 Å². The third-order valence-electron chi connectivity index (χ3n) is 5.91. The maximum absolute atomic E-state index is 12.8. The number of piperidine rings is 1. The predicted molar refractivity (Wildman–Crippen MR) is 135 cm³/mol. The van der Waals surface area contributed by atoms with Crippen molar-refractivity contribution in [3.63, 3.8) is 0 Å². The Morgan fingerprint density at radius 2 is 1.76 bits per heavy atom. The highest BCUT2D eigenvalue weighted by atomic mass is 16.5. The maximum Gasteiger partial charge on any atom is 0.255 e. The third-order valence-corrected chi connectivity index (χ3v) is 5.91. The van der Waals surface area contributed by atoms with Gasteiger partial charge in [0.2, 0.25) is 5.91 Å². The molecular formula is C27H30N4O3. The first kappa shape index (κ1) is 23.3. The second-order valence-electron chi connectivity index (χ2n) is 8.43. The highest BCUT2D eigenvalue weighted by Crippen LogP contribution is 2.24. The monoisotopic (exact) mass is 458 g/mol. The number of amides is 2. The van der Waals surface area contributed by atoms with Gasteiger partial charge in [-0.25, -0.2) is 4.98 Å². The minimum atomic E-state index is -0.194. The topological polar surface area (TPSA) is 83.6 Å². The average Bonchev–Trinajstić information content (AvgIpc) is 2.85. The molecule has 7 nitrogen and oxygen atoms in total. The smallest absolute Gasteiger partial charge is 0.255 e. The van der Waals surface area contributed by atoms with Crippen molar-refractivity contribution >= 4 is 29.0 Å². The number of carbonyl (C=O) groups excluding carboxylic acids is 2. The molecule has 3 aromatic rings. The second-order valence-corrected chi connectivity index (χ2v) is 8.43. The lowest BCUT2D eigenvalue weighted by Gasteiger charge is -2.32. The Bertz CT molecular complexity index is 1140. The molecule has 1 aliphatic rings. The zero-order chi connectivity index (χ0) is 23.9. The van der Waals surface area contributed by atoms with E-state index in [1.807, 2.05) is 62.4 Å². The summed E-state index contributed by atoms with van der Waals surface area (Å²) in [6.45, 7) is 5.96. The molecule has 7 heteroatoms. The fourth-order valence-electron chi connectivity index (χ4n) is 4.07. The SMILES string of the molecule is CCOc1ccc(NC(=O)c2ccnc(N3CCC(C(=O)Nc4cccc(C)c4)CC3)c2)cc1. The number of aromatic nitrogens is 1. The molecule has 4 rings (SSSR count). The fraction of sp³-hybridized carbons (Fsp3) is 0.296. The normalized spacial score (nSPS) is 13.9. The summed E-state index contributed by atoms with van der Waals surface area (Å²) >= 11 is 0. The molecule has 0 bridgehead atoms. The first-order chi connectivity index (χ1) is 16.5. The van der Waals surface area contributed by atoms with Crippen LogP contribution in [0.3, 0.4) is 0 Å². The summed E-state index contributed by atoms with van der Waals surface area (Å²) < 4.78 is 5.44. The number of hydrogen-bond acceptors (Lipinski definition) is 5. The van der Waals surface area contributed by atoms with Gasteiger partial charge < -0.3 is 20.3 Å². The number of hydrogen-bond donors (Lipinski definition) is 2. The standard InChI is InChI=1S/C27H30N4O3/c1-3-34-24-9-7-22(8-10-24)29-27(33)21-11-14-28-25(18-21)31-15-12-20(13-16-31)26(32)30-23-6-4-5-19(2)17-23/h4-11,14,17-18,20H,3,12-13,15-16H2,1-2H3,(H,29,33)(H,30,32). The Labute approximate surface area is 200 Å². The van der Waals surface area contributed by atoms with E-state index in [1.165, 1.54) is 0 Å². The molecular weight excluding hydrogens is 428 g/mol. The first-order valence-electron chi connectivity index (χ1n) is 11.6. The molecule has 1 saturated heterocycles. The minimum absolute atomic E-state index is 0.0390. The Hall–Kier alpha value is -3.87. The van der Waals surface area contributed by atoms with Crippen LogP contribution in [0, 0.1) is 12.8 Å². The number of carbonyl (C=O) groups is 2. The van der Waals surface area contributed by atoms with Crippen LogP contribution in [0.4, 0.5) is 17.2 Å². The van der Waals surface area contributed by atoms with Crippen molar-refractivity contribution in [3.8, 4) is 5.75 Å². The van der Waals surface area contributed by atoms with Crippen molar-refractivity contribution in [2.45, 2.75) is 26.7 Å². The lowest BCUT2D eigenvalue weighted by molar-refractivity contribution is -0.120. The van der Waals surface area contributed by atoms with E-state index in [1.54, 1.807) is 18.3 Å². The van der Waals surface area contributed by atoms with E-state index in [0.717, 1.165) is 35.7 Å². The molecule has 0 atom stereocenters. The number of rotatable bonds is 7. The van der Waals surface area contributed by atoms with E-state index in [0.29, 0.717) is 30.9 Å². The lowest BCUT2D eigenvalue weighted by atomic mass is 9.95. The molecule has 176 valence electrons. The van der Waals surface area contributed by atoms with E-state index >= 15 is 0 Å². The van der Waals surface area contributed by atoms with Gasteiger partial charge in [0, 0.05) is 42.1 Å². The van der Waals surface area contributed by atoms with Gasteiger partial charge >= 0.3 is 0 Å². The summed E-state index contributed by atoms with van der Waals surface area (Å²) in [5.41, 5.74) is 3.19. The van der Waals surface area contributed by atoms with Crippen LogP contribution in [-0.2, 0) is 4.79 Å². The molecule has 1 aromatic heterocycles. The van der Waals surface area contributed by atoms with Crippen molar-refractivity contribution < 1.29 is 14.3 Å². The van der Waals surface area contributed by atoms with Gasteiger partial charge in [0.1, 0.15) is 11.6 Å². The molecule has 0 unspecified atom stereocenters. The van der Waals surface area contributed by atoms with Gasteiger partial charge in [-0.1, -0.05) is 12.1 Å². The van der Waals surface area contributed by atoms with Gasteiger partial charge in [-0.3, -0.25) is 9.59 Å². The van der Waals surface area contributed by atoms with Gasteiger partial charge in [0.15, 0.2) is 0 Å². The van der Waals surface area contributed by atoms with Crippen LogP contribution in [0.15, 0.2) is 66.9 Å². The van der Waals surface area contributed by atoms with Crippen LogP contribution in [0.5, 0.6) is 5.75 Å². The molecule has 1 aliphatic heterocycles. The average molecular weight is 459 g/mol. The van der Waals surface area contributed by atoms with Crippen LogP contribution in [0.2, 0.25) is 0 Å². The molecule has 34 heavy (non-hydrogen) atoms. The quantitative estimate of drug-likeness (QED) is 0.526. The largest absolute Gasteiger partial charge is 0.494 e. The Balaban J connectivity index is 1.33. The number of anilines is 3. The van der Waals surface area contributed by atoms with Gasteiger partial charge in [-0.15, -0.1) is 0 Å². The van der Waals surface area contributed by atoms with E-state index < -0.39 is 0 Å². The van der Waals surface area contributed by atoms with Crippen LogP contribution in [-0.4, -0.2) is 36.5 Å². The van der Waals surface area contributed by atoms with E-state index in [9.17, 15) is 9.59 Å². The Morgan fingerprint density at radius 3 is 2.47 bits per heavy atom. The summed E-state index contributed by atoms with van der Waals surface area (Å²) in [6.07, 6.45) is 3.13. The number of ether oxygens (including phenoxy) is 1. The van der Waals surface area contributed by atoms with Crippen LogP contribution in [0.1, 0.15) is 35.7 Å². The molecule has 0 saturated carbocycles. The summed E-state index contributed by atoms with van der Waals surface area (Å²) in [5.74, 6) is 1.34. The fourth-order valence-corrected chi connectivity index (χ4v) is 4.07. The summed E-state index contributed by atoms with van der Waals surface area (Å²) in [4.78, 5) is 32.0. The molecule has 2 aromatic carbocycles. The molecule has 1 fully saturated rings. The molecule has 0 spiro atoms. The van der Waals surface area contributed by atoms with E-state index in [4.69, 9.17) is 4.74 Å². The summed E-state index contributed by atoms with van der Waals surface area (Å²) in [5, 5.41) is 5.94. The summed E-state index contributed by atoms with van der Waals surface area (Å²) in [7, 11) is 0. The van der Waals surface area contributed by atoms with E-state index in [-0.39, 0.29) is 17.7 Å². The van der Waals surface area contributed by atoms with Gasteiger partial charge in [0.05, 0.1) is 6.61 Å². The predicted octanol–water partition coefficient (Wildman–Crippen LogP) is 4.90. The van der Waals surface area contributed by atoms with Crippen molar-refractivity contribution in [2.75, 3.05) is 35.2 Å². The lowest BCUT2D eigenvalue weighted by Crippen LogP contribution is -2.38. The second kappa shape index (κ2) is 10.8. The molecule has 2 N–H and O–H groups in total. The highest BCUT2D eigenvalue weighted by molar-refractivity contribution is 6.04. The third kappa shape index (κ3) is 5.92. The zero-order valence-electron chi connectivity index (χ0n) is 19.6. The van der Waals surface area contributed by atoms with Crippen molar-refractivity contribution in [2.24, 2.45) is 5.92 Å². The summed E-state index contributed by atoms with van der Waals surface area (Å²) in [6, 6.07) is 18.6. The Morgan fingerprint density at radius 1 is 1.00 bits per heavy atom. The van der Waals surface area contributed by atoms with Crippen molar-refractivity contribution in [1.29, 1.82) is 0 Å². The molecule has 0 aliphatic carbocycles. The molecule has 0 radical (unpaired) electrons. The van der Waals surface area contributed by atoms with Crippen molar-refractivity contribution in [1.82, 2.24) is 4.98 Å². The molecule has 2 amide bonds. The Kier molecular flexibility index (Phi) is 7.42. The number of pyridine rings is 1. The van der Waals surface area contributed by atoms with Gasteiger partial charge in [-0.05, 0) is 80.8 Å². The van der Waals surface area contributed by atoms with Crippen LogP contribution in [0.25, 0.3) is 0 Å². The minimum Gasteiger partial charge on any atom is -0.494 e. The number of benzene rings is 2. The number of nitrogens with zero attached hydrogens (tertiary/aromatic N) is 2. The van der Waals surface area contributed by atoms with Crippen LogP contribution < -0.4 is 20.3 Å². The molecule has 2 heterocycles. The van der Waals surface area contributed by atoms with Gasteiger partial charge in [0.25, 0.3) is 5.91 Å². The zero-order valence-corrected chi connectivity index (χ0v) is 19.6. The van der Waals surface area contributed by atoms with Gasteiger partial charge in [-0.2, -0.15) is 0 Å². The first-order valence-corrected chi connectivity index (χ1v) is 11.6. The van der Waals surface area contributed by atoms with Crippen LogP contribution >= 0.6 is 0 Å². The number of nitrogens with one attached hydrogen (secondary N) is 2. The number of aryl methyl sites for hydroxylation is 1. The van der Waals surface area contributed by atoms with E-state index in [2.05, 4.69) is 20.5 Å². The highest BCUT2D eigenvalue weighted by Gasteiger charge is 2.26. The maximum atomic E-state index is 12.8.